The van der Waals surface area contributed by atoms with Crippen LogP contribution in [0, 0.1) is 10.5 Å². The van der Waals surface area contributed by atoms with Crippen molar-refractivity contribution in [3.63, 3.8) is 0 Å². The molecule has 6 nitrogen and oxygen atoms in total. The van der Waals surface area contributed by atoms with E-state index in [1.54, 1.807) is 18.6 Å². The predicted molar refractivity (Wildman–Crippen MR) is 127 cm³/mol. The molecule has 4 rings (SSSR count). The van der Waals surface area contributed by atoms with Gasteiger partial charge in [-0.25, -0.2) is 9.97 Å². The molecule has 0 aliphatic carbocycles. The number of pyridine rings is 1. The third kappa shape index (κ3) is 4.80. The molecule has 0 bridgehead atoms. The highest BCUT2D eigenvalue weighted by Gasteiger charge is 2.09. The third-order valence-electron chi connectivity index (χ3n) is 4.46. The fourth-order valence-electron chi connectivity index (χ4n) is 2.85. The molecule has 0 atom stereocenters. The summed E-state index contributed by atoms with van der Waals surface area (Å²) >= 11 is 2.21. The molecule has 0 radical (unpaired) electrons. The van der Waals surface area contributed by atoms with Crippen LogP contribution in [0.2, 0.25) is 0 Å². The van der Waals surface area contributed by atoms with Gasteiger partial charge in [-0.3, -0.25) is 9.78 Å². The number of aryl methyl sites for hydroxylation is 1. The van der Waals surface area contributed by atoms with E-state index in [2.05, 4.69) is 48.2 Å². The number of rotatable bonds is 5. The number of benzene rings is 2. The number of carbonyl (C=O) groups excluding carboxylic acids is 1. The zero-order chi connectivity index (χ0) is 20.9. The molecule has 0 aliphatic heterocycles. The number of nitrogens with one attached hydrogen (secondary N) is 2. The molecule has 0 saturated carbocycles. The highest BCUT2D eigenvalue weighted by Crippen LogP contribution is 2.24. The van der Waals surface area contributed by atoms with Crippen LogP contribution in [0.4, 0.5) is 17.3 Å². The normalized spacial score (nSPS) is 10.5. The lowest BCUT2D eigenvalue weighted by Crippen LogP contribution is -2.12. The second-order valence-electron chi connectivity index (χ2n) is 6.62. The van der Waals surface area contributed by atoms with Crippen molar-refractivity contribution in [3.8, 4) is 11.3 Å². The summed E-state index contributed by atoms with van der Waals surface area (Å²) < 4.78 is 1.08. The molecule has 2 aromatic heterocycles. The number of carbonyl (C=O) groups is 1. The van der Waals surface area contributed by atoms with Crippen molar-refractivity contribution in [2.24, 2.45) is 0 Å². The molecule has 2 N–H and O–H groups in total. The van der Waals surface area contributed by atoms with Gasteiger partial charge in [-0.1, -0.05) is 6.07 Å². The lowest BCUT2D eigenvalue weighted by Gasteiger charge is -2.12. The number of halogens is 1. The van der Waals surface area contributed by atoms with Gasteiger partial charge >= 0.3 is 0 Å². The minimum atomic E-state index is -0.156. The summed E-state index contributed by atoms with van der Waals surface area (Å²) in [4.78, 5) is 25.5. The van der Waals surface area contributed by atoms with Gasteiger partial charge in [-0.05, 0) is 89.7 Å². The Bertz CT molecular complexity index is 1180. The zero-order valence-electron chi connectivity index (χ0n) is 16.1. The number of hydrogen-bond acceptors (Lipinski definition) is 5. The third-order valence-corrected chi connectivity index (χ3v) is 5.18. The number of aromatic nitrogens is 3. The molecule has 2 heterocycles. The van der Waals surface area contributed by atoms with Crippen LogP contribution in [0.25, 0.3) is 11.3 Å². The molecule has 30 heavy (non-hydrogen) atoms. The van der Waals surface area contributed by atoms with E-state index in [1.807, 2.05) is 67.6 Å². The van der Waals surface area contributed by atoms with Crippen LogP contribution >= 0.6 is 22.6 Å². The molecule has 0 spiro atoms. The number of amides is 1. The van der Waals surface area contributed by atoms with Crippen LogP contribution in [0.1, 0.15) is 15.9 Å². The monoisotopic (exact) mass is 507 g/mol. The Morgan fingerprint density at radius 3 is 2.60 bits per heavy atom. The van der Waals surface area contributed by atoms with Crippen LogP contribution in [0.3, 0.4) is 0 Å². The summed E-state index contributed by atoms with van der Waals surface area (Å²) in [5.41, 5.74) is 4.82. The van der Waals surface area contributed by atoms with Gasteiger partial charge in [0.2, 0.25) is 5.95 Å². The molecule has 4 aromatic rings. The lowest BCUT2D eigenvalue weighted by molar-refractivity contribution is 0.102. The van der Waals surface area contributed by atoms with Crippen molar-refractivity contribution >= 4 is 45.8 Å². The van der Waals surface area contributed by atoms with Crippen LogP contribution in [0.15, 0.2) is 79.3 Å². The van der Waals surface area contributed by atoms with E-state index in [4.69, 9.17) is 0 Å². The van der Waals surface area contributed by atoms with E-state index in [0.29, 0.717) is 17.2 Å². The van der Waals surface area contributed by atoms with Gasteiger partial charge in [0.1, 0.15) is 0 Å². The summed E-state index contributed by atoms with van der Waals surface area (Å²) in [7, 11) is 0. The van der Waals surface area contributed by atoms with E-state index >= 15 is 0 Å². The van der Waals surface area contributed by atoms with Crippen molar-refractivity contribution in [2.45, 2.75) is 6.92 Å². The van der Waals surface area contributed by atoms with Crippen molar-refractivity contribution in [1.29, 1.82) is 0 Å². The first kappa shape index (κ1) is 20.0. The van der Waals surface area contributed by atoms with Gasteiger partial charge in [0, 0.05) is 44.7 Å². The first-order chi connectivity index (χ1) is 14.6. The van der Waals surface area contributed by atoms with Gasteiger partial charge in [0.25, 0.3) is 5.91 Å². The molecule has 0 unspecified atom stereocenters. The molecule has 0 saturated heterocycles. The minimum Gasteiger partial charge on any atom is -0.324 e. The van der Waals surface area contributed by atoms with E-state index in [1.165, 1.54) is 0 Å². The van der Waals surface area contributed by atoms with Gasteiger partial charge in [0.15, 0.2) is 0 Å². The van der Waals surface area contributed by atoms with E-state index in [0.717, 1.165) is 26.1 Å². The van der Waals surface area contributed by atoms with Crippen LogP contribution in [0.5, 0.6) is 0 Å². The van der Waals surface area contributed by atoms with Crippen LogP contribution in [-0.2, 0) is 0 Å². The topological polar surface area (TPSA) is 79.8 Å². The minimum absolute atomic E-state index is 0.156. The van der Waals surface area contributed by atoms with E-state index in [-0.39, 0.29) is 5.91 Å². The summed E-state index contributed by atoms with van der Waals surface area (Å²) in [5, 5.41) is 6.19. The average Bonchev–Trinajstić information content (AvgIpc) is 2.77. The van der Waals surface area contributed by atoms with Crippen LogP contribution < -0.4 is 10.6 Å². The predicted octanol–water partition coefficient (Wildman–Crippen LogP) is 5.45. The Labute approximate surface area is 188 Å². The Morgan fingerprint density at radius 1 is 1.00 bits per heavy atom. The lowest BCUT2D eigenvalue weighted by atomic mass is 10.1. The maximum absolute atomic E-state index is 12.5. The smallest absolute Gasteiger partial charge is 0.255 e. The Kier molecular flexibility index (Phi) is 5.99. The first-order valence-electron chi connectivity index (χ1n) is 9.26. The quantitative estimate of drug-likeness (QED) is 0.352. The SMILES string of the molecule is Cc1ccc(NC(=O)c2ccc(I)cc2)cc1Nc1nccc(-c2cccnc2)n1. The molecule has 0 fully saturated rings. The molecule has 7 heteroatoms. The van der Waals surface area contributed by atoms with Gasteiger partial charge in [-0.2, -0.15) is 0 Å². The van der Waals surface area contributed by atoms with Crippen molar-refractivity contribution < 1.29 is 4.79 Å². The Morgan fingerprint density at radius 2 is 1.83 bits per heavy atom. The van der Waals surface area contributed by atoms with Crippen LogP contribution in [-0.4, -0.2) is 20.9 Å². The standard InChI is InChI=1S/C23H18IN5O/c1-15-4-9-19(27-22(30)16-5-7-18(24)8-6-16)13-21(15)29-23-26-12-10-20(28-23)17-3-2-11-25-14-17/h2-14H,1H3,(H,27,30)(H,26,28,29). The largest absolute Gasteiger partial charge is 0.324 e. The number of anilines is 3. The Balaban J connectivity index is 1.54. The highest BCUT2D eigenvalue weighted by atomic mass is 127. The van der Waals surface area contributed by atoms with Gasteiger partial charge < -0.3 is 10.6 Å². The van der Waals surface area contributed by atoms with Gasteiger partial charge in [0.05, 0.1) is 5.69 Å². The summed E-state index contributed by atoms with van der Waals surface area (Å²) in [6.07, 6.45) is 5.19. The molecule has 148 valence electrons. The number of nitrogens with zero attached hydrogens (tertiary/aromatic N) is 3. The fourth-order valence-corrected chi connectivity index (χ4v) is 3.21. The Hall–Kier alpha value is -3.33. The van der Waals surface area contributed by atoms with E-state index in [9.17, 15) is 4.79 Å². The maximum Gasteiger partial charge on any atom is 0.255 e. The number of hydrogen-bond donors (Lipinski definition) is 2. The molecule has 0 aliphatic rings. The zero-order valence-corrected chi connectivity index (χ0v) is 18.3. The average molecular weight is 507 g/mol. The first-order valence-corrected chi connectivity index (χ1v) is 10.3. The molecule has 1 amide bonds. The van der Waals surface area contributed by atoms with Crippen molar-refractivity contribution in [2.75, 3.05) is 10.6 Å². The summed E-state index contributed by atoms with van der Waals surface area (Å²) in [6.45, 7) is 1.98. The van der Waals surface area contributed by atoms with Gasteiger partial charge in [-0.15, -0.1) is 0 Å². The molecular formula is C23H18IN5O. The van der Waals surface area contributed by atoms with E-state index < -0.39 is 0 Å². The summed E-state index contributed by atoms with van der Waals surface area (Å²) in [5.74, 6) is 0.316. The molecular weight excluding hydrogens is 489 g/mol. The second-order valence-corrected chi connectivity index (χ2v) is 7.87. The second kappa shape index (κ2) is 9.00. The fraction of sp³-hybridized carbons (Fsp3) is 0.0435. The molecule has 2 aromatic carbocycles. The van der Waals surface area contributed by atoms with Crippen molar-refractivity contribution in [1.82, 2.24) is 15.0 Å². The van der Waals surface area contributed by atoms with Crippen molar-refractivity contribution in [3.05, 3.63) is 94.0 Å². The highest BCUT2D eigenvalue weighted by molar-refractivity contribution is 14.1. The maximum atomic E-state index is 12.5. The summed E-state index contributed by atoms with van der Waals surface area (Å²) in [6, 6.07) is 18.8.